The lowest BCUT2D eigenvalue weighted by Gasteiger charge is -2.12. The third-order valence-electron chi connectivity index (χ3n) is 2.87. The van der Waals surface area contributed by atoms with E-state index in [2.05, 4.69) is 4.98 Å². The first-order valence-corrected chi connectivity index (χ1v) is 7.30. The minimum atomic E-state index is -0.504. The summed E-state index contributed by atoms with van der Waals surface area (Å²) in [5.74, 6) is -0.459. The molecule has 2 rings (SSSR count). The smallest absolute Gasteiger partial charge is 0.266 e. The van der Waals surface area contributed by atoms with Gasteiger partial charge in [0.05, 0.1) is 9.20 Å². The van der Waals surface area contributed by atoms with Gasteiger partial charge in [-0.3, -0.25) is 9.59 Å². The van der Waals surface area contributed by atoms with Gasteiger partial charge in [-0.25, -0.2) is 4.39 Å². The number of carbonyl (C=O) groups excluding carboxylic acids is 1. The van der Waals surface area contributed by atoms with Crippen LogP contribution in [0, 0.1) is 11.2 Å². The maximum Gasteiger partial charge on any atom is 0.266 e. The summed E-state index contributed by atoms with van der Waals surface area (Å²) in [6.45, 7) is 5.43. The predicted molar refractivity (Wildman–Crippen MR) is 83.1 cm³/mol. The van der Waals surface area contributed by atoms with Gasteiger partial charge >= 0.3 is 0 Å². The number of thiazole rings is 1. The number of aromatic nitrogens is 1. The molecular weight excluding hydrogens is 289 g/mol. The minimum Gasteiger partial charge on any atom is -0.313 e. The number of nitrogens with one attached hydrogen (secondary N) is 1. The van der Waals surface area contributed by atoms with Crippen molar-refractivity contribution in [2.24, 2.45) is 5.41 Å². The maximum absolute atomic E-state index is 13.6. The van der Waals surface area contributed by atoms with Crippen LogP contribution in [0.5, 0.6) is 0 Å². The first kappa shape index (κ1) is 15.4. The number of aromatic amines is 1. The van der Waals surface area contributed by atoms with Crippen LogP contribution in [-0.2, 0) is 4.79 Å². The Hall–Kier alpha value is -2.01. The minimum absolute atomic E-state index is 0.0718. The highest BCUT2D eigenvalue weighted by Gasteiger charge is 2.18. The normalized spacial score (nSPS) is 13.7. The number of rotatable bonds is 2. The average Bonchev–Trinajstić information content (AvgIpc) is 2.71. The molecule has 1 heterocycles. The Morgan fingerprint density at radius 2 is 1.95 bits per heavy atom. The number of H-pyrrole nitrogens is 1. The summed E-state index contributed by atoms with van der Waals surface area (Å²) in [5.41, 5.74) is -0.481. The molecule has 1 N–H and O–H groups in total. The largest absolute Gasteiger partial charge is 0.313 e. The second-order valence-electron chi connectivity index (χ2n) is 5.71. The zero-order valence-corrected chi connectivity index (χ0v) is 12.9. The fourth-order valence-electron chi connectivity index (χ4n) is 1.59. The summed E-state index contributed by atoms with van der Waals surface area (Å²) in [5, 5.41) is 0. The van der Waals surface area contributed by atoms with Gasteiger partial charge in [0.1, 0.15) is 5.82 Å². The van der Waals surface area contributed by atoms with Crippen LogP contribution in [-0.4, -0.2) is 10.8 Å². The van der Waals surface area contributed by atoms with Crippen molar-refractivity contribution in [3.05, 3.63) is 55.2 Å². The zero-order chi connectivity index (χ0) is 15.6. The Morgan fingerprint density at radius 1 is 1.29 bits per heavy atom. The van der Waals surface area contributed by atoms with Crippen LogP contribution in [0.3, 0.4) is 0 Å². The van der Waals surface area contributed by atoms with Crippen LogP contribution in [0.15, 0.2) is 29.1 Å². The van der Waals surface area contributed by atoms with E-state index in [0.717, 1.165) is 11.3 Å². The molecule has 1 aromatic carbocycles. The van der Waals surface area contributed by atoms with Crippen molar-refractivity contribution in [2.75, 3.05) is 0 Å². The van der Waals surface area contributed by atoms with E-state index in [1.165, 1.54) is 18.2 Å². The molecule has 0 saturated carbocycles. The van der Waals surface area contributed by atoms with Crippen molar-refractivity contribution in [3.63, 3.8) is 0 Å². The van der Waals surface area contributed by atoms with Gasteiger partial charge in [-0.1, -0.05) is 39.0 Å². The van der Waals surface area contributed by atoms with E-state index in [1.54, 1.807) is 18.2 Å². The Kier molecular flexibility index (Phi) is 4.23. The summed E-state index contributed by atoms with van der Waals surface area (Å²) >= 11 is 1.14. The van der Waals surface area contributed by atoms with E-state index in [-0.39, 0.29) is 17.2 Å². The third kappa shape index (κ3) is 3.76. The van der Waals surface area contributed by atoms with Crippen molar-refractivity contribution in [3.8, 4) is 0 Å². The summed E-state index contributed by atoms with van der Waals surface area (Å²) in [7, 11) is 0. The summed E-state index contributed by atoms with van der Waals surface area (Å²) in [6, 6.07) is 6.22. The number of ketones is 1. The lowest BCUT2D eigenvalue weighted by atomic mass is 9.91. The molecule has 0 aliphatic carbocycles. The van der Waals surface area contributed by atoms with E-state index >= 15 is 0 Å². The van der Waals surface area contributed by atoms with Gasteiger partial charge in [0.2, 0.25) is 0 Å². The topological polar surface area (TPSA) is 49.9 Å². The second kappa shape index (κ2) is 5.77. The number of halogens is 1. The summed E-state index contributed by atoms with van der Waals surface area (Å²) in [6.07, 6.45) is 2.91. The molecule has 0 radical (unpaired) electrons. The molecule has 0 bridgehead atoms. The molecule has 0 aliphatic rings. The van der Waals surface area contributed by atoms with Gasteiger partial charge in [0, 0.05) is 17.1 Å². The SMILES string of the molecule is CC(C)(C)C(=O)/C=c1\[nH]c(=O)/c(=C/c2ccccc2F)s1. The lowest BCUT2D eigenvalue weighted by molar-refractivity contribution is -0.119. The monoisotopic (exact) mass is 305 g/mol. The van der Waals surface area contributed by atoms with Gasteiger partial charge in [-0.05, 0) is 12.1 Å². The van der Waals surface area contributed by atoms with Gasteiger partial charge in [0.15, 0.2) is 5.78 Å². The fourth-order valence-corrected chi connectivity index (χ4v) is 2.47. The first-order valence-electron chi connectivity index (χ1n) is 6.49. The molecule has 0 amide bonds. The van der Waals surface area contributed by atoms with Crippen molar-refractivity contribution in [1.29, 1.82) is 0 Å². The Balaban J connectivity index is 2.51. The maximum atomic E-state index is 13.6. The highest BCUT2D eigenvalue weighted by atomic mass is 32.1. The van der Waals surface area contributed by atoms with E-state index in [0.29, 0.717) is 14.8 Å². The van der Waals surface area contributed by atoms with Crippen LogP contribution in [0.25, 0.3) is 12.2 Å². The van der Waals surface area contributed by atoms with Crippen LogP contribution >= 0.6 is 11.3 Å². The molecular formula is C16H16FNO2S. The molecule has 0 unspecified atom stereocenters. The van der Waals surface area contributed by atoms with Crippen molar-refractivity contribution in [2.45, 2.75) is 20.8 Å². The van der Waals surface area contributed by atoms with Gasteiger partial charge < -0.3 is 4.98 Å². The first-order chi connectivity index (χ1) is 9.77. The standard InChI is InChI=1S/C16H16FNO2S/c1-16(2,3)13(19)9-14-18-15(20)12(21-14)8-10-6-4-5-7-11(10)17/h4-9H,1-3H3,(H,18,20)/b12-8-,14-9+. The molecule has 2 aromatic rings. The predicted octanol–water partition coefficient (Wildman–Crippen LogP) is 1.80. The third-order valence-corrected chi connectivity index (χ3v) is 3.84. The lowest BCUT2D eigenvalue weighted by Crippen LogP contribution is -2.22. The Labute approximate surface area is 125 Å². The average molecular weight is 305 g/mol. The molecule has 0 atom stereocenters. The molecule has 3 nitrogen and oxygen atoms in total. The number of hydrogen-bond donors (Lipinski definition) is 1. The zero-order valence-electron chi connectivity index (χ0n) is 12.1. The van der Waals surface area contributed by atoms with Gasteiger partial charge in [-0.15, -0.1) is 11.3 Å². The molecule has 0 spiro atoms. The Bertz CT molecular complexity index is 840. The molecule has 21 heavy (non-hydrogen) atoms. The molecule has 5 heteroatoms. The van der Waals surface area contributed by atoms with E-state index < -0.39 is 5.41 Å². The summed E-state index contributed by atoms with van der Waals surface area (Å²) in [4.78, 5) is 26.4. The highest BCUT2D eigenvalue weighted by molar-refractivity contribution is 7.07. The van der Waals surface area contributed by atoms with Crippen LogP contribution in [0.2, 0.25) is 0 Å². The second-order valence-corrected chi connectivity index (χ2v) is 6.79. The number of Topliss-reactive ketones (excluding diaryl/α,β-unsaturated/α-hetero) is 1. The van der Waals surface area contributed by atoms with Gasteiger partial charge in [0.25, 0.3) is 5.56 Å². The number of hydrogen-bond acceptors (Lipinski definition) is 3. The van der Waals surface area contributed by atoms with Crippen molar-refractivity contribution in [1.82, 2.24) is 4.98 Å². The molecule has 1 aromatic heterocycles. The van der Waals surface area contributed by atoms with Crippen LogP contribution in [0.4, 0.5) is 4.39 Å². The van der Waals surface area contributed by atoms with Gasteiger partial charge in [-0.2, -0.15) is 0 Å². The molecule has 0 saturated heterocycles. The van der Waals surface area contributed by atoms with Crippen LogP contribution < -0.4 is 14.8 Å². The van der Waals surface area contributed by atoms with Crippen LogP contribution in [0.1, 0.15) is 26.3 Å². The number of benzene rings is 1. The quantitative estimate of drug-likeness (QED) is 0.920. The Morgan fingerprint density at radius 3 is 2.57 bits per heavy atom. The molecule has 0 aliphatic heterocycles. The molecule has 110 valence electrons. The van der Waals surface area contributed by atoms with Crippen molar-refractivity contribution < 1.29 is 9.18 Å². The number of carbonyl (C=O) groups is 1. The summed E-state index contributed by atoms with van der Waals surface area (Å²) < 4.78 is 14.4. The molecule has 0 fully saturated rings. The van der Waals surface area contributed by atoms with Crippen molar-refractivity contribution >= 4 is 29.3 Å². The van der Waals surface area contributed by atoms with E-state index in [1.807, 2.05) is 20.8 Å². The highest BCUT2D eigenvalue weighted by Crippen LogP contribution is 2.14. The van der Waals surface area contributed by atoms with E-state index in [9.17, 15) is 14.0 Å². The fraction of sp³-hybridized carbons (Fsp3) is 0.250. The van der Waals surface area contributed by atoms with E-state index in [4.69, 9.17) is 0 Å².